The average molecular weight is 156 g/mol. The molecule has 0 heterocycles. The lowest BCUT2D eigenvalue weighted by Gasteiger charge is -2.03. The molecule has 0 aliphatic rings. The first-order valence-electron chi connectivity index (χ1n) is 4.39. The molecule has 0 fully saturated rings. The second kappa shape index (κ2) is 6.41. The summed E-state index contributed by atoms with van der Waals surface area (Å²) in [6, 6.07) is 0. The summed E-state index contributed by atoms with van der Waals surface area (Å²) in [4.78, 5) is 0. The summed E-state index contributed by atoms with van der Waals surface area (Å²) in [5, 5.41) is 0. The fourth-order valence-corrected chi connectivity index (χ4v) is 0.684. The van der Waals surface area contributed by atoms with Crippen molar-refractivity contribution in [2.24, 2.45) is 5.92 Å². The van der Waals surface area contributed by atoms with Crippen LogP contribution in [0.5, 0.6) is 0 Å². The Hall–Kier alpha value is -0.300. The molecule has 0 N–H and O–H groups in total. The van der Waals surface area contributed by atoms with Crippen molar-refractivity contribution in [3.05, 3.63) is 12.2 Å². The molecule has 0 saturated heterocycles. The van der Waals surface area contributed by atoms with Crippen LogP contribution < -0.4 is 0 Å². The summed E-state index contributed by atoms with van der Waals surface area (Å²) in [7, 11) is 0. The molecule has 0 rings (SSSR count). The highest BCUT2D eigenvalue weighted by atomic mass is 16.5. The number of rotatable bonds is 5. The topological polar surface area (TPSA) is 9.23 Å². The van der Waals surface area contributed by atoms with Gasteiger partial charge in [0.1, 0.15) is 0 Å². The van der Waals surface area contributed by atoms with Crippen LogP contribution in [0.15, 0.2) is 12.2 Å². The molecule has 0 spiro atoms. The monoisotopic (exact) mass is 156 g/mol. The van der Waals surface area contributed by atoms with Crippen LogP contribution in [0.2, 0.25) is 0 Å². The third kappa shape index (κ3) is 9.70. The maximum Gasteiger partial charge on any atom is 0.0650 e. The van der Waals surface area contributed by atoms with Crippen molar-refractivity contribution in [1.82, 2.24) is 0 Å². The zero-order chi connectivity index (χ0) is 8.69. The number of allylic oxidation sites excluding steroid dienone is 1. The van der Waals surface area contributed by atoms with Gasteiger partial charge in [-0.2, -0.15) is 0 Å². The van der Waals surface area contributed by atoms with Crippen LogP contribution >= 0.6 is 0 Å². The predicted octanol–water partition coefficient (Wildman–Crippen LogP) is 3.01. The standard InChI is InChI=1S/C10H20O/c1-9(2)7-5-6-8-11-10(3)4/h5-6,9-10H,7-8H2,1-4H3. The Bertz CT molecular complexity index is 103. The lowest BCUT2D eigenvalue weighted by molar-refractivity contribution is 0.102. The normalized spacial score (nSPS) is 12.2. The van der Waals surface area contributed by atoms with Gasteiger partial charge in [0.2, 0.25) is 0 Å². The van der Waals surface area contributed by atoms with Gasteiger partial charge in [-0.25, -0.2) is 0 Å². The molecule has 66 valence electrons. The molecule has 0 amide bonds. The zero-order valence-corrected chi connectivity index (χ0v) is 8.13. The minimum atomic E-state index is 0.346. The summed E-state index contributed by atoms with van der Waals surface area (Å²) in [6.45, 7) is 9.29. The Morgan fingerprint density at radius 3 is 2.18 bits per heavy atom. The van der Waals surface area contributed by atoms with Crippen molar-refractivity contribution in [3.63, 3.8) is 0 Å². The molecule has 1 nitrogen and oxygen atoms in total. The molecule has 0 atom stereocenters. The first kappa shape index (κ1) is 10.7. The van der Waals surface area contributed by atoms with Crippen LogP contribution in [0.1, 0.15) is 34.1 Å². The lowest BCUT2D eigenvalue weighted by atomic mass is 10.1. The van der Waals surface area contributed by atoms with Crippen LogP contribution in [0.4, 0.5) is 0 Å². The minimum absolute atomic E-state index is 0.346. The Morgan fingerprint density at radius 2 is 1.73 bits per heavy atom. The summed E-state index contributed by atoms with van der Waals surface area (Å²) in [6.07, 6.45) is 5.79. The van der Waals surface area contributed by atoms with E-state index >= 15 is 0 Å². The van der Waals surface area contributed by atoms with Crippen LogP contribution in [0.25, 0.3) is 0 Å². The molecule has 1 heteroatoms. The van der Waals surface area contributed by atoms with Gasteiger partial charge in [-0.15, -0.1) is 0 Å². The number of ether oxygens (including phenoxy) is 1. The maximum absolute atomic E-state index is 5.34. The average Bonchev–Trinajstić information content (AvgIpc) is 1.85. The smallest absolute Gasteiger partial charge is 0.0650 e. The first-order chi connectivity index (χ1) is 5.13. The van der Waals surface area contributed by atoms with Gasteiger partial charge in [-0.3, -0.25) is 0 Å². The van der Waals surface area contributed by atoms with E-state index in [0.717, 1.165) is 18.9 Å². The van der Waals surface area contributed by atoms with E-state index in [2.05, 4.69) is 39.8 Å². The second-order valence-electron chi connectivity index (χ2n) is 3.48. The van der Waals surface area contributed by atoms with Crippen molar-refractivity contribution < 1.29 is 4.74 Å². The molecule has 11 heavy (non-hydrogen) atoms. The molecule has 0 saturated carbocycles. The third-order valence-electron chi connectivity index (χ3n) is 1.30. The van der Waals surface area contributed by atoms with E-state index < -0.39 is 0 Å². The van der Waals surface area contributed by atoms with Crippen LogP contribution in [0, 0.1) is 5.92 Å². The largest absolute Gasteiger partial charge is 0.375 e. The molecule has 0 unspecified atom stereocenters. The molecule has 0 aliphatic carbocycles. The van der Waals surface area contributed by atoms with E-state index in [9.17, 15) is 0 Å². The van der Waals surface area contributed by atoms with E-state index in [-0.39, 0.29) is 0 Å². The highest BCUT2D eigenvalue weighted by Crippen LogP contribution is 1.99. The summed E-state index contributed by atoms with van der Waals surface area (Å²) >= 11 is 0. The third-order valence-corrected chi connectivity index (χ3v) is 1.30. The van der Waals surface area contributed by atoms with Gasteiger partial charge in [-0.05, 0) is 26.2 Å². The molecule has 0 aromatic rings. The minimum Gasteiger partial charge on any atom is -0.375 e. The summed E-state index contributed by atoms with van der Waals surface area (Å²) in [5.74, 6) is 0.755. The lowest BCUT2D eigenvalue weighted by Crippen LogP contribution is -2.01. The first-order valence-corrected chi connectivity index (χ1v) is 4.39. The Kier molecular flexibility index (Phi) is 6.24. The van der Waals surface area contributed by atoms with Crippen LogP contribution in [-0.2, 0) is 4.74 Å². The van der Waals surface area contributed by atoms with Crippen molar-refractivity contribution in [2.75, 3.05) is 6.61 Å². The van der Waals surface area contributed by atoms with Gasteiger partial charge in [0.15, 0.2) is 0 Å². The molecule has 0 aromatic carbocycles. The maximum atomic E-state index is 5.34. The van der Waals surface area contributed by atoms with Gasteiger partial charge < -0.3 is 4.74 Å². The van der Waals surface area contributed by atoms with Crippen molar-refractivity contribution in [2.45, 2.75) is 40.2 Å². The Balaban J connectivity index is 3.17. The molecule has 0 aromatic heterocycles. The van der Waals surface area contributed by atoms with Crippen LogP contribution in [-0.4, -0.2) is 12.7 Å². The van der Waals surface area contributed by atoms with Gasteiger partial charge >= 0.3 is 0 Å². The Labute approximate surface area is 70.4 Å². The molecule has 0 aliphatic heterocycles. The molecule has 0 bridgehead atoms. The van der Waals surface area contributed by atoms with Crippen molar-refractivity contribution in [3.8, 4) is 0 Å². The highest BCUT2D eigenvalue weighted by molar-refractivity contribution is 4.82. The molecule has 0 radical (unpaired) electrons. The zero-order valence-electron chi connectivity index (χ0n) is 8.13. The SMILES string of the molecule is CC(C)CC=CCOC(C)C. The van der Waals surface area contributed by atoms with Crippen LogP contribution in [0.3, 0.4) is 0 Å². The van der Waals surface area contributed by atoms with E-state index in [1.807, 2.05) is 0 Å². The van der Waals surface area contributed by atoms with E-state index in [1.54, 1.807) is 0 Å². The molecular formula is C10H20O. The van der Waals surface area contributed by atoms with Crippen molar-refractivity contribution in [1.29, 1.82) is 0 Å². The van der Waals surface area contributed by atoms with Gasteiger partial charge in [0.25, 0.3) is 0 Å². The van der Waals surface area contributed by atoms with Gasteiger partial charge in [-0.1, -0.05) is 26.0 Å². The fourth-order valence-electron chi connectivity index (χ4n) is 0.684. The van der Waals surface area contributed by atoms with E-state index in [1.165, 1.54) is 0 Å². The Morgan fingerprint density at radius 1 is 1.09 bits per heavy atom. The number of hydrogen-bond donors (Lipinski definition) is 0. The number of hydrogen-bond acceptors (Lipinski definition) is 1. The summed E-state index contributed by atoms with van der Waals surface area (Å²) < 4.78 is 5.34. The predicted molar refractivity (Wildman–Crippen MR) is 49.7 cm³/mol. The van der Waals surface area contributed by atoms with Gasteiger partial charge in [0, 0.05) is 0 Å². The summed E-state index contributed by atoms with van der Waals surface area (Å²) in [5.41, 5.74) is 0. The molecular weight excluding hydrogens is 136 g/mol. The second-order valence-corrected chi connectivity index (χ2v) is 3.48. The highest BCUT2D eigenvalue weighted by Gasteiger charge is 1.89. The fraction of sp³-hybridized carbons (Fsp3) is 0.800. The van der Waals surface area contributed by atoms with Gasteiger partial charge in [0.05, 0.1) is 12.7 Å². The van der Waals surface area contributed by atoms with Crippen molar-refractivity contribution >= 4 is 0 Å². The van der Waals surface area contributed by atoms with E-state index in [4.69, 9.17) is 4.74 Å². The quantitative estimate of drug-likeness (QED) is 0.556. The van der Waals surface area contributed by atoms with E-state index in [0.29, 0.717) is 6.10 Å².